The first-order chi connectivity index (χ1) is 7.54. The summed E-state index contributed by atoms with van der Waals surface area (Å²) in [7, 11) is 0. The number of nitrogens with two attached hydrogens (primary N) is 1. The van der Waals surface area contributed by atoms with Gasteiger partial charge in [0.05, 0.1) is 10.7 Å². The Bertz CT molecular complexity index is 364. The minimum Gasteiger partial charge on any atom is -0.327 e. The van der Waals surface area contributed by atoms with Crippen molar-refractivity contribution in [2.45, 2.75) is 25.8 Å². The molecule has 0 heterocycles. The number of anilines is 1. The van der Waals surface area contributed by atoms with Crippen LogP contribution in [0.5, 0.6) is 0 Å². The topological polar surface area (TPSA) is 55.1 Å². The lowest BCUT2D eigenvalue weighted by Gasteiger charge is -2.11. The van der Waals surface area contributed by atoms with Crippen LogP contribution in [0.15, 0.2) is 18.2 Å². The van der Waals surface area contributed by atoms with Gasteiger partial charge in [0.1, 0.15) is 5.82 Å². The van der Waals surface area contributed by atoms with Gasteiger partial charge in [-0.25, -0.2) is 4.39 Å². The van der Waals surface area contributed by atoms with Gasteiger partial charge in [-0.3, -0.25) is 4.79 Å². The second kappa shape index (κ2) is 5.82. The molecule has 5 heteroatoms. The van der Waals surface area contributed by atoms with Crippen molar-refractivity contribution in [2.24, 2.45) is 5.73 Å². The van der Waals surface area contributed by atoms with Gasteiger partial charge in [-0.05, 0) is 18.6 Å². The molecule has 3 nitrogen and oxygen atoms in total. The quantitative estimate of drug-likeness (QED) is 0.855. The molecule has 0 saturated carbocycles. The van der Waals surface area contributed by atoms with Gasteiger partial charge >= 0.3 is 0 Å². The first kappa shape index (κ1) is 12.9. The Hall–Kier alpha value is -1.13. The Kier molecular flexibility index (Phi) is 4.71. The third kappa shape index (κ3) is 3.47. The lowest BCUT2D eigenvalue weighted by molar-refractivity contribution is -0.116. The Morgan fingerprint density at radius 3 is 2.88 bits per heavy atom. The van der Waals surface area contributed by atoms with Crippen molar-refractivity contribution in [3.63, 3.8) is 0 Å². The van der Waals surface area contributed by atoms with Crippen LogP contribution in [-0.2, 0) is 4.79 Å². The van der Waals surface area contributed by atoms with Crippen molar-refractivity contribution in [3.05, 3.63) is 29.0 Å². The summed E-state index contributed by atoms with van der Waals surface area (Å²) in [5.41, 5.74) is 5.63. The highest BCUT2D eigenvalue weighted by atomic mass is 35.5. The van der Waals surface area contributed by atoms with Crippen LogP contribution in [0.1, 0.15) is 19.8 Å². The molecule has 1 aromatic carbocycles. The summed E-state index contributed by atoms with van der Waals surface area (Å²) in [6.07, 6.45) is 0.847. The molecule has 0 spiro atoms. The van der Waals surface area contributed by atoms with Gasteiger partial charge in [-0.1, -0.05) is 24.6 Å². The summed E-state index contributed by atoms with van der Waals surface area (Å²) in [6, 6.07) is 4.01. The third-order valence-electron chi connectivity index (χ3n) is 2.20. The molecule has 1 rings (SSSR count). The molecule has 16 heavy (non-hydrogen) atoms. The molecule has 0 aliphatic rings. The summed E-state index contributed by atoms with van der Waals surface area (Å²) < 4.78 is 13.3. The van der Waals surface area contributed by atoms with Gasteiger partial charge in [0, 0.05) is 12.5 Å². The van der Waals surface area contributed by atoms with E-state index < -0.39 is 5.82 Å². The summed E-state index contributed by atoms with van der Waals surface area (Å²) >= 11 is 5.76. The van der Waals surface area contributed by atoms with E-state index >= 15 is 0 Å². The average molecular weight is 245 g/mol. The van der Waals surface area contributed by atoms with Gasteiger partial charge in [-0.2, -0.15) is 0 Å². The molecule has 0 fully saturated rings. The molecule has 0 bridgehead atoms. The first-order valence-electron chi connectivity index (χ1n) is 5.04. The van der Waals surface area contributed by atoms with Crippen molar-refractivity contribution in [2.75, 3.05) is 5.32 Å². The first-order valence-corrected chi connectivity index (χ1v) is 5.41. The molecule has 0 aliphatic heterocycles. The van der Waals surface area contributed by atoms with Gasteiger partial charge < -0.3 is 11.1 Å². The van der Waals surface area contributed by atoms with Crippen LogP contribution in [-0.4, -0.2) is 11.9 Å². The number of para-hydroxylation sites is 1. The van der Waals surface area contributed by atoms with E-state index in [9.17, 15) is 9.18 Å². The van der Waals surface area contributed by atoms with Crippen molar-refractivity contribution in [1.29, 1.82) is 0 Å². The normalized spacial score (nSPS) is 12.2. The summed E-state index contributed by atoms with van der Waals surface area (Å²) in [6.45, 7) is 1.88. The number of halogens is 2. The van der Waals surface area contributed by atoms with Crippen LogP contribution in [0.25, 0.3) is 0 Å². The molecule has 3 N–H and O–H groups in total. The number of carbonyl (C=O) groups is 1. The van der Waals surface area contributed by atoms with Crippen molar-refractivity contribution >= 4 is 23.2 Å². The smallest absolute Gasteiger partial charge is 0.226 e. The van der Waals surface area contributed by atoms with Crippen LogP contribution in [0.4, 0.5) is 10.1 Å². The highest BCUT2D eigenvalue weighted by Crippen LogP contribution is 2.24. The lowest BCUT2D eigenvalue weighted by atomic mass is 10.1. The zero-order valence-electron chi connectivity index (χ0n) is 8.97. The highest BCUT2D eigenvalue weighted by Gasteiger charge is 2.12. The molecule has 1 unspecified atom stereocenters. The van der Waals surface area contributed by atoms with E-state index in [0.717, 1.165) is 0 Å². The molecule has 1 aromatic rings. The van der Waals surface area contributed by atoms with E-state index in [4.69, 9.17) is 17.3 Å². The summed E-state index contributed by atoms with van der Waals surface area (Å²) in [4.78, 5) is 11.5. The number of hydrogen-bond acceptors (Lipinski definition) is 2. The van der Waals surface area contributed by atoms with E-state index in [0.29, 0.717) is 6.42 Å². The van der Waals surface area contributed by atoms with E-state index in [1.54, 1.807) is 0 Å². The standard InChI is InChI=1S/C11H14ClFN2O/c1-2-7(14)6-10(16)15-11-8(12)4-3-5-9(11)13/h3-5,7H,2,6,14H2,1H3,(H,15,16). The molecular formula is C11H14ClFN2O. The number of nitrogens with one attached hydrogen (secondary N) is 1. The molecule has 1 amide bonds. The number of rotatable bonds is 4. The monoisotopic (exact) mass is 244 g/mol. The second-order valence-corrected chi connectivity index (χ2v) is 3.92. The zero-order chi connectivity index (χ0) is 12.1. The fourth-order valence-electron chi connectivity index (χ4n) is 1.19. The minimum absolute atomic E-state index is 0.0115. The predicted molar refractivity (Wildman–Crippen MR) is 62.9 cm³/mol. The molecule has 1 atom stereocenters. The van der Waals surface area contributed by atoms with E-state index in [1.165, 1.54) is 18.2 Å². The molecule has 0 aliphatic carbocycles. The van der Waals surface area contributed by atoms with Crippen molar-refractivity contribution in [3.8, 4) is 0 Å². The molecular weight excluding hydrogens is 231 g/mol. The Morgan fingerprint density at radius 1 is 1.62 bits per heavy atom. The molecule has 88 valence electrons. The maximum absolute atomic E-state index is 13.3. The van der Waals surface area contributed by atoms with Crippen LogP contribution in [0, 0.1) is 5.82 Å². The Labute approximate surface area is 98.8 Å². The highest BCUT2D eigenvalue weighted by molar-refractivity contribution is 6.33. The van der Waals surface area contributed by atoms with Gasteiger partial charge in [-0.15, -0.1) is 0 Å². The number of benzene rings is 1. The van der Waals surface area contributed by atoms with Crippen LogP contribution in [0.2, 0.25) is 5.02 Å². The maximum atomic E-state index is 13.3. The van der Waals surface area contributed by atoms with Crippen LogP contribution >= 0.6 is 11.6 Å². The van der Waals surface area contributed by atoms with E-state index in [2.05, 4.69) is 5.32 Å². The van der Waals surface area contributed by atoms with Crippen molar-refractivity contribution in [1.82, 2.24) is 0 Å². The third-order valence-corrected chi connectivity index (χ3v) is 2.51. The average Bonchev–Trinajstić information content (AvgIpc) is 2.23. The molecule has 0 saturated heterocycles. The van der Waals surface area contributed by atoms with Crippen molar-refractivity contribution < 1.29 is 9.18 Å². The molecule has 0 radical (unpaired) electrons. The summed E-state index contributed by atoms with van der Waals surface area (Å²) in [5.74, 6) is -0.882. The Morgan fingerprint density at radius 2 is 2.31 bits per heavy atom. The van der Waals surface area contributed by atoms with Crippen LogP contribution in [0.3, 0.4) is 0 Å². The SMILES string of the molecule is CCC(N)CC(=O)Nc1c(F)cccc1Cl. The summed E-state index contributed by atoms with van der Waals surface area (Å²) in [5, 5.41) is 2.60. The zero-order valence-corrected chi connectivity index (χ0v) is 9.72. The van der Waals surface area contributed by atoms with Crippen LogP contribution < -0.4 is 11.1 Å². The number of amides is 1. The second-order valence-electron chi connectivity index (χ2n) is 3.52. The number of carbonyl (C=O) groups excluding carboxylic acids is 1. The fraction of sp³-hybridized carbons (Fsp3) is 0.364. The largest absolute Gasteiger partial charge is 0.327 e. The van der Waals surface area contributed by atoms with E-state index in [-0.39, 0.29) is 29.1 Å². The number of hydrogen-bond donors (Lipinski definition) is 2. The fourth-order valence-corrected chi connectivity index (χ4v) is 1.40. The molecule has 0 aromatic heterocycles. The predicted octanol–water partition coefficient (Wildman–Crippen LogP) is 2.54. The van der Waals surface area contributed by atoms with Gasteiger partial charge in [0.15, 0.2) is 0 Å². The minimum atomic E-state index is -0.550. The van der Waals surface area contributed by atoms with Gasteiger partial charge in [0.25, 0.3) is 0 Å². The van der Waals surface area contributed by atoms with E-state index in [1.807, 2.05) is 6.92 Å². The maximum Gasteiger partial charge on any atom is 0.226 e. The van der Waals surface area contributed by atoms with Gasteiger partial charge in [0.2, 0.25) is 5.91 Å². The Balaban J connectivity index is 2.70. The lowest BCUT2D eigenvalue weighted by Crippen LogP contribution is -2.26.